The molecule has 23 heavy (non-hydrogen) atoms. The third-order valence-electron chi connectivity index (χ3n) is 3.86. The van der Waals surface area contributed by atoms with Crippen LogP contribution in [0.2, 0.25) is 0 Å². The molecule has 1 fully saturated rings. The molecule has 1 N–H and O–H groups in total. The van der Waals surface area contributed by atoms with E-state index in [1.54, 1.807) is 0 Å². The summed E-state index contributed by atoms with van der Waals surface area (Å²) in [7, 11) is 0. The Labute approximate surface area is 137 Å². The second-order valence-electron chi connectivity index (χ2n) is 5.51. The minimum absolute atomic E-state index is 0.109. The van der Waals surface area contributed by atoms with Crippen LogP contribution in [0, 0.1) is 0 Å². The Morgan fingerprint density at radius 2 is 2.22 bits per heavy atom. The van der Waals surface area contributed by atoms with E-state index in [0.29, 0.717) is 28.5 Å². The van der Waals surface area contributed by atoms with E-state index in [4.69, 9.17) is 4.42 Å². The molecule has 0 bridgehead atoms. The van der Waals surface area contributed by atoms with E-state index in [-0.39, 0.29) is 6.03 Å². The summed E-state index contributed by atoms with van der Waals surface area (Å²) in [4.78, 5) is 14.1. The van der Waals surface area contributed by atoms with Crippen molar-refractivity contribution < 1.29 is 9.21 Å². The number of amides is 2. The van der Waals surface area contributed by atoms with Gasteiger partial charge in [-0.1, -0.05) is 29.5 Å². The molecular formula is C16H16N4O2S. The SMILES string of the molecule is CCN(C(=O)Nc1nnc(-c2cc3ccccc3o2)s1)C1CC1. The van der Waals surface area contributed by atoms with Crippen LogP contribution in [0.1, 0.15) is 19.8 Å². The van der Waals surface area contributed by atoms with Gasteiger partial charge in [0.25, 0.3) is 0 Å². The highest BCUT2D eigenvalue weighted by Crippen LogP contribution is 2.32. The molecule has 1 aliphatic carbocycles. The third-order valence-corrected chi connectivity index (χ3v) is 4.72. The summed E-state index contributed by atoms with van der Waals surface area (Å²) in [5.41, 5.74) is 0.814. The van der Waals surface area contributed by atoms with Gasteiger partial charge in [-0.05, 0) is 31.9 Å². The molecule has 6 nitrogen and oxygen atoms in total. The van der Waals surface area contributed by atoms with E-state index in [0.717, 1.165) is 23.8 Å². The Balaban J connectivity index is 1.53. The van der Waals surface area contributed by atoms with Crippen LogP contribution in [-0.4, -0.2) is 33.7 Å². The van der Waals surface area contributed by atoms with Crippen LogP contribution in [0.5, 0.6) is 0 Å². The number of anilines is 1. The fraction of sp³-hybridized carbons (Fsp3) is 0.312. The van der Waals surface area contributed by atoms with Gasteiger partial charge in [0.05, 0.1) is 0 Å². The molecule has 1 saturated carbocycles. The number of hydrogen-bond acceptors (Lipinski definition) is 5. The van der Waals surface area contributed by atoms with Gasteiger partial charge in [0.2, 0.25) is 5.13 Å². The molecule has 2 amide bonds. The predicted molar refractivity (Wildman–Crippen MR) is 89.5 cm³/mol. The summed E-state index contributed by atoms with van der Waals surface area (Å²) in [6.07, 6.45) is 2.17. The van der Waals surface area contributed by atoms with Gasteiger partial charge in [-0.3, -0.25) is 5.32 Å². The first-order valence-corrected chi connectivity index (χ1v) is 8.46. The predicted octanol–water partition coefficient (Wildman–Crippen LogP) is 3.97. The molecule has 2 heterocycles. The Morgan fingerprint density at radius 1 is 1.39 bits per heavy atom. The molecule has 0 spiro atoms. The second kappa shape index (κ2) is 5.66. The summed E-state index contributed by atoms with van der Waals surface area (Å²) < 4.78 is 5.77. The third kappa shape index (κ3) is 2.79. The lowest BCUT2D eigenvalue weighted by molar-refractivity contribution is 0.212. The summed E-state index contributed by atoms with van der Waals surface area (Å²) in [6.45, 7) is 2.68. The first kappa shape index (κ1) is 14.2. The number of rotatable bonds is 4. The minimum Gasteiger partial charge on any atom is -0.453 e. The van der Waals surface area contributed by atoms with Crippen molar-refractivity contribution >= 4 is 33.5 Å². The van der Waals surface area contributed by atoms with Gasteiger partial charge in [0, 0.05) is 18.0 Å². The number of benzene rings is 1. The van der Waals surface area contributed by atoms with Crippen LogP contribution < -0.4 is 5.32 Å². The van der Waals surface area contributed by atoms with Gasteiger partial charge < -0.3 is 9.32 Å². The minimum atomic E-state index is -0.109. The Morgan fingerprint density at radius 3 is 2.96 bits per heavy atom. The molecule has 0 atom stereocenters. The molecule has 0 aliphatic heterocycles. The van der Waals surface area contributed by atoms with E-state index in [1.165, 1.54) is 11.3 Å². The number of carbonyl (C=O) groups excluding carboxylic acids is 1. The first-order valence-electron chi connectivity index (χ1n) is 7.64. The van der Waals surface area contributed by atoms with E-state index in [1.807, 2.05) is 42.2 Å². The number of fused-ring (bicyclic) bond motifs is 1. The number of hydrogen-bond donors (Lipinski definition) is 1. The van der Waals surface area contributed by atoms with Crippen LogP contribution in [0.3, 0.4) is 0 Å². The van der Waals surface area contributed by atoms with E-state index in [9.17, 15) is 4.79 Å². The lowest BCUT2D eigenvalue weighted by atomic mass is 10.2. The van der Waals surface area contributed by atoms with Gasteiger partial charge >= 0.3 is 6.03 Å². The van der Waals surface area contributed by atoms with Gasteiger partial charge in [-0.25, -0.2) is 4.79 Å². The van der Waals surface area contributed by atoms with Crippen molar-refractivity contribution in [2.75, 3.05) is 11.9 Å². The molecular weight excluding hydrogens is 312 g/mol. The highest BCUT2D eigenvalue weighted by molar-refractivity contribution is 7.18. The van der Waals surface area contributed by atoms with Crippen molar-refractivity contribution in [3.63, 3.8) is 0 Å². The van der Waals surface area contributed by atoms with E-state index >= 15 is 0 Å². The molecule has 1 aliphatic rings. The average molecular weight is 328 g/mol. The van der Waals surface area contributed by atoms with E-state index < -0.39 is 0 Å². The van der Waals surface area contributed by atoms with Gasteiger partial charge in [0.15, 0.2) is 10.8 Å². The molecule has 0 saturated heterocycles. The zero-order valence-corrected chi connectivity index (χ0v) is 13.5. The van der Waals surface area contributed by atoms with Crippen LogP contribution in [-0.2, 0) is 0 Å². The van der Waals surface area contributed by atoms with Crippen LogP contribution in [0.4, 0.5) is 9.93 Å². The maximum Gasteiger partial charge on any atom is 0.323 e. The molecule has 2 aromatic heterocycles. The molecule has 1 aromatic carbocycles. The quantitative estimate of drug-likeness (QED) is 0.786. The zero-order chi connectivity index (χ0) is 15.8. The maximum atomic E-state index is 12.2. The number of nitrogens with zero attached hydrogens (tertiary/aromatic N) is 3. The van der Waals surface area contributed by atoms with Crippen molar-refractivity contribution in [1.29, 1.82) is 0 Å². The highest BCUT2D eigenvalue weighted by Gasteiger charge is 2.31. The Kier molecular flexibility index (Phi) is 3.49. The fourth-order valence-electron chi connectivity index (χ4n) is 2.58. The molecule has 3 aromatic rings. The smallest absolute Gasteiger partial charge is 0.323 e. The van der Waals surface area contributed by atoms with Crippen molar-refractivity contribution in [3.8, 4) is 10.8 Å². The van der Waals surface area contributed by atoms with Gasteiger partial charge in [-0.15, -0.1) is 10.2 Å². The standard InChI is InChI=1S/C16H16N4O2S/c1-2-20(11-7-8-11)16(21)17-15-19-18-14(23-15)13-9-10-5-3-4-6-12(10)22-13/h3-6,9,11H,2,7-8H2,1H3,(H,17,19,21). The van der Waals surface area contributed by atoms with Crippen molar-refractivity contribution in [2.45, 2.75) is 25.8 Å². The summed E-state index contributed by atoms with van der Waals surface area (Å²) in [5, 5.41) is 13.2. The van der Waals surface area contributed by atoms with Crippen LogP contribution in [0.15, 0.2) is 34.7 Å². The van der Waals surface area contributed by atoms with Gasteiger partial charge in [-0.2, -0.15) is 0 Å². The van der Waals surface area contributed by atoms with Crippen molar-refractivity contribution in [1.82, 2.24) is 15.1 Å². The number of carbonyl (C=O) groups is 1. The molecule has 0 unspecified atom stereocenters. The van der Waals surface area contributed by atoms with E-state index in [2.05, 4.69) is 15.5 Å². The lowest BCUT2D eigenvalue weighted by Gasteiger charge is -2.19. The monoisotopic (exact) mass is 328 g/mol. The van der Waals surface area contributed by atoms with Crippen LogP contribution >= 0.6 is 11.3 Å². The molecule has 0 radical (unpaired) electrons. The first-order chi connectivity index (χ1) is 11.2. The summed E-state index contributed by atoms with van der Waals surface area (Å²) >= 11 is 1.31. The van der Waals surface area contributed by atoms with Crippen molar-refractivity contribution in [2.24, 2.45) is 0 Å². The fourth-order valence-corrected chi connectivity index (χ4v) is 3.26. The zero-order valence-electron chi connectivity index (χ0n) is 12.7. The second-order valence-corrected chi connectivity index (χ2v) is 6.49. The van der Waals surface area contributed by atoms with Crippen molar-refractivity contribution in [3.05, 3.63) is 30.3 Å². The summed E-state index contributed by atoms with van der Waals surface area (Å²) in [6, 6.07) is 10.00. The number of aromatic nitrogens is 2. The topological polar surface area (TPSA) is 71.3 Å². The highest BCUT2D eigenvalue weighted by atomic mass is 32.1. The Hall–Kier alpha value is -2.41. The maximum absolute atomic E-state index is 12.2. The normalized spacial score (nSPS) is 14.1. The number of para-hydroxylation sites is 1. The number of furan rings is 1. The van der Waals surface area contributed by atoms with Gasteiger partial charge in [0.1, 0.15) is 5.58 Å². The summed E-state index contributed by atoms with van der Waals surface area (Å²) in [5.74, 6) is 0.665. The lowest BCUT2D eigenvalue weighted by Crippen LogP contribution is -2.36. The molecule has 118 valence electrons. The number of nitrogens with one attached hydrogen (secondary N) is 1. The van der Waals surface area contributed by atoms with Crippen LogP contribution in [0.25, 0.3) is 21.7 Å². The molecule has 4 rings (SSSR count). The molecule has 7 heteroatoms. The average Bonchev–Trinajstić information content (AvgIpc) is 3.12. The Bertz CT molecular complexity index is 820. The number of urea groups is 1. The largest absolute Gasteiger partial charge is 0.453 e.